The smallest absolute Gasteiger partial charge is 0.188 e. The van der Waals surface area contributed by atoms with Gasteiger partial charge in [0.15, 0.2) is 5.96 Å². The van der Waals surface area contributed by atoms with Crippen LogP contribution in [0.4, 0.5) is 0 Å². The highest BCUT2D eigenvalue weighted by Crippen LogP contribution is 1.68. The summed E-state index contributed by atoms with van der Waals surface area (Å²) < 4.78 is 4.77. The summed E-state index contributed by atoms with van der Waals surface area (Å²) in [6.07, 6.45) is 0. The van der Waals surface area contributed by atoms with Crippen LogP contribution in [0.3, 0.4) is 0 Å². The number of aliphatic hydroxyl groups excluding tert-OH is 1. The summed E-state index contributed by atoms with van der Waals surface area (Å²) >= 11 is 0. The molecule has 0 atom stereocenters. The third kappa shape index (κ3) is 9.67. The fourth-order valence-corrected chi connectivity index (χ4v) is 0.508. The van der Waals surface area contributed by atoms with Gasteiger partial charge >= 0.3 is 0 Å². The first-order valence-corrected chi connectivity index (χ1v) is 3.45. The normalized spacial score (nSPS) is 10.7. The van der Waals surface area contributed by atoms with Crippen molar-refractivity contribution in [3.05, 3.63) is 0 Å². The second kappa shape index (κ2) is 10.7. The number of rotatable bonds is 5. The van der Waals surface area contributed by atoms with Crippen LogP contribution in [0.25, 0.3) is 0 Å². The van der Waals surface area contributed by atoms with E-state index in [1.165, 1.54) is 0 Å². The highest BCUT2D eigenvalue weighted by molar-refractivity contribution is 8.93. The van der Waals surface area contributed by atoms with Gasteiger partial charge < -0.3 is 20.9 Å². The molecule has 0 saturated carbocycles. The fraction of sp³-hybridized carbons (Fsp3) is 0.833. The molecule has 0 amide bonds. The molecule has 0 aromatic carbocycles. The second-order valence-electron chi connectivity index (χ2n) is 1.91. The first kappa shape index (κ1) is 14.2. The van der Waals surface area contributed by atoms with E-state index in [-0.39, 0.29) is 23.6 Å². The van der Waals surface area contributed by atoms with Gasteiger partial charge in [0.1, 0.15) is 0 Å². The third-order valence-corrected chi connectivity index (χ3v) is 0.994. The Hall–Kier alpha value is -0.330. The lowest BCUT2D eigenvalue weighted by molar-refractivity contribution is 0.204. The Morgan fingerprint density at radius 1 is 1.67 bits per heavy atom. The molecule has 0 bridgehead atoms. The standard InChI is InChI=1S/C6H15N3O2.BrH/c1-11-5-3-9-6(7)8-2-4-10;/h10H,2-5H2,1H3,(H3,7,8,9);1H. The second-order valence-corrected chi connectivity index (χ2v) is 1.91. The third-order valence-electron chi connectivity index (χ3n) is 0.994. The van der Waals surface area contributed by atoms with Crippen molar-refractivity contribution in [3.8, 4) is 0 Å². The van der Waals surface area contributed by atoms with Crippen LogP contribution in [0.15, 0.2) is 4.99 Å². The number of methoxy groups -OCH3 is 1. The van der Waals surface area contributed by atoms with Crippen molar-refractivity contribution in [2.45, 2.75) is 0 Å². The van der Waals surface area contributed by atoms with Crippen molar-refractivity contribution in [2.75, 3.05) is 33.4 Å². The quantitative estimate of drug-likeness (QED) is 0.332. The number of halogens is 1. The monoisotopic (exact) mass is 241 g/mol. The lowest BCUT2D eigenvalue weighted by Gasteiger charge is -2.03. The van der Waals surface area contributed by atoms with Crippen molar-refractivity contribution in [1.82, 2.24) is 5.32 Å². The molecular weight excluding hydrogens is 226 g/mol. The number of aliphatic hydroxyl groups is 1. The van der Waals surface area contributed by atoms with Crippen LogP contribution < -0.4 is 11.1 Å². The Kier molecular flexibility index (Phi) is 12.6. The molecule has 0 rings (SSSR count). The molecule has 5 nitrogen and oxygen atoms in total. The summed E-state index contributed by atoms with van der Waals surface area (Å²) in [6, 6.07) is 0. The zero-order chi connectivity index (χ0) is 8.53. The van der Waals surface area contributed by atoms with Gasteiger partial charge in [0.25, 0.3) is 0 Å². The van der Waals surface area contributed by atoms with Crippen molar-refractivity contribution >= 4 is 22.9 Å². The van der Waals surface area contributed by atoms with E-state index in [2.05, 4.69) is 10.3 Å². The van der Waals surface area contributed by atoms with Crippen LogP contribution in [0.1, 0.15) is 0 Å². The average molecular weight is 242 g/mol. The van der Waals surface area contributed by atoms with Gasteiger partial charge in [-0.05, 0) is 0 Å². The number of nitrogens with zero attached hydrogens (tertiary/aromatic N) is 1. The van der Waals surface area contributed by atoms with Gasteiger partial charge in [-0.15, -0.1) is 17.0 Å². The highest BCUT2D eigenvalue weighted by atomic mass is 79.9. The van der Waals surface area contributed by atoms with Crippen LogP contribution in [-0.2, 0) is 4.74 Å². The summed E-state index contributed by atoms with van der Waals surface area (Å²) in [7, 11) is 1.61. The SMILES string of the molecule is Br.COCCNC(N)=NCCO. The molecule has 0 aliphatic carbocycles. The minimum absolute atomic E-state index is 0. The van der Waals surface area contributed by atoms with Crippen molar-refractivity contribution in [1.29, 1.82) is 0 Å². The van der Waals surface area contributed by atoms with Gasteiger partial charge in [-0.25, -0.2) is 0 Å². The first-order chi connectivity index (χ1) is 5.31. The molecule has 0 aromatic rings. The Bertz CT molecular complexity index is 121. The van der Waals surface area contributed by atoms with E-state index < -0.39 is 0 Å². The van der Waals surface area contributed by atoms with Gasteiger partial charge in [0.2, 0.25) is 0 Å². The Morgan fingerprint density at radius 2 is 2.33 bits per heavy atom. The van der Waals surface area contributed by atoms with Crippen LogP contribution in [0.2, 0.25) is 0 Å². The van der Waals surface area contributed by atoms with E-state index in [9.17, 15) is 0 Å². The van der Waals surface area contributed by atoms with Gasteiger partial charge in [-0.3, -0.25) is 4.99 Å². The Morgan fingerprint density at radius 3 is 2.83 bits per heavy atom. The topological polar surface area (TPSA) is 79.9 Å². The largest absolute Gasteiger partial charge is 0.394 e. The van der Waals surface area contributed by atoms with Gasteiger partial charge in [0.05, 0.1) is 19.8 Å². The summed E-state index contributed by atoms with van der Waals surface area (Å²) in [6.45, 7) is 1.59. The van der Waals surface area contributed by atoms with Gasteiger partial charge in [-0.2, -0.15) is 0 Å². The van der Waals surface area contributed by atoms with E-state index in [0.717, 1.165) is 0 Å². The van der Waals surface area contributed by atoms with E-state index in [0.29, 0.717) is 25.7 Å². The minimum atomic E-state index is 0. The number of guanidine groups is 1. The maximum absolute atomic E-state index is 8.37. The van der Waals surface area contributed by atoms with E-state index in [4.69, 9.17) is 15.6 Å². The number of nitrogens with two attached hydrogens (primary N) is 1. The lowest BCUT2D eigenvalue weighted by Crippen LogP contribution is -2.34. The predicted octanol–water partition coefficient (Wildman–Crippen LogP) is -0.893. The Balaban J connectivity index is 0. The fourth-order valence-electron chi connectivity index (χ4n) is 0.508. The molecule has 0 saturated heterocycles. The molecule has 0 unspecified atom stereocenters. The molecule has 0 aromatic heterocycles. The van der Waals surface area contributed by atoms with E-state index in [1.807, 2.05) is 0 Å². The maximum Gasteiger partial charge on any atom is 0.188 e. The summed E-state index contributed by atoms with van der Waals surface area (Å²) in [5.74, 6) is 0.344. The maximum atomic E-state index is 8.37. The number of hydrogen-bond donors (Lipinski definition) is 3. The number of ether oxygens (including phenoxy) is 1. The number of nitrogens with one attached hydrogen (secondary N) is 1. The molecule has 0 radical (unpaired) electrons. The van der Waals surface area contributed by atoms with Crippen molar-refractivity contribution in [2.24, 2.45) is 10.7 Å². The van der Waals surface area contributed by atoms with E-state index in [1.54, 1.807) is 7.11 Å². The van der Waals surface area contributed by atoms with Crippen molar-refractivity contribution < 1.29 is 9.84 Å². The molecule has 12 heavy (non-hydrogen) atoms. The molecule has 0 spiro atoms. The molecule has 0 aliphatic heterocycles. The summed E-state index contributed by atoms with van der Waals surface area (Å²) in [4.78, 5) is 3.79. The number of aliphatic imine (C=N–C) groups is 1. The zero-order valence-electron chi connectivity index (χ0n) is 7.12. The van der Waals surface area contributed by atoms with Crippen LogP contribution >= 0.6 is 17.0 Å². The average Bonchev–Trinajstić information content (AvgIpc) is 2.01. The van der Waals surface area contributed by atoms with Crippen LogP contribution in [0.5, 0.6) is 0 Å². The van der Waals surface area contributed by atoms with Crippen LogP contribution in [-0.4, -0.2) is 44.5 Å². The van der Waals surface area contributed by atoms with Crippen molar-refractivity contribution in [3.63, 3.8) is 0 Å². The molecule has 4 N–H and O–H groups in total. The zero-order valence-corrected chi connectivity index (χ0v) is 8.83. The minimum Gasteiger partial charge on any atom is -0.394 e. The lowest BCUT2D eigenvalue weighted by atomic mass is 10.6. The Labute approximate surface area is 82.8 Å². The molecule has 0 fully saturated rings. The molecular formula is C6H16BrN3O2. The van der Waals surface area contributed by atoms with Crippen LogP contribution in [0, 0.1) is 0 Å². The summed E-state index contributed by atoms with van der Waals surface area (Å²) in [5, 5.41) is 11.2. The molecule has 74 valence electrons. The predicted molar refractivity (Wildman–Crippen MR) is 53.8 cm³/mol. The highest BCUT2D eigenvalue weighted by Gasteiger charge is 1.88. The first-order valence-electron chi connectivity index (χ1n) is 3.45. The van der Waals surface area contributed by atoms with Gasteiger partial charge in [0, 0.05) is 13.7 Å². The summed E-state index contributed by atoms with van der Waals surface area (Å²) in [5.41, 5.74) is 5.37. The molecule has 6 heteroatoms. The molecule has 0 aliphatic rings. The van der Waals surface area contributed by atoms with E-state index >= 15 is 0 Å². The number of hydrogen-bond acceptors (Lipinski definition) is 3. The molecule has 0 heterocycles. The van der Waals surface area contributed by atoms with Gasteiger partial charge in [-0.1, -0.05) is 0 Å².